The molecule has 0 spiro atoms. The standard InChI is InChI=1S/C9H18O2S/c1-5-9(4,7(3)12)8(10)11-6-2/h7,12H,5-6H2,1-4H3. The van der Waals surface area contributed by atoms with Crippen molar-refractivity contribution in [1.29, 1.82) is 0 Å². The average Bonchev–Trinajstić information content (AvgIpc) is 2.03. The van der Waals surface area contributed by atoms with Gasteiger partial charge in [0.15, 0.2) is 0 Å². The molecule has 72 valence electrons. The van der Waals surface area contributed by atoms with Crippen LogP contribution in [0.15, 0.2) is 0 Å². The summed E-state index contributed by atoms with van der Waals surface area (Å²) in [4.78, 5) is 11.5. The molecule has 0 amide bonds. The number of thiol groups is 1. The molecule has 0 fully saturated rings. The van der Waals surface area contributed by atoms with Crippen LogP contribution in [0.25, 0.3) is 0 Å². The zero-order valence-corrected chi connectivity index (χ0v) is 9.15. The van der Waals surface area contributed by atoms with Crippen molar-refractivity contribution in [3.05, 3.63) is 0 Å². The van der Waals surface area contributed by atoms with Crippen LogP contribution in [0.5, 0.6) is 0 Å². The second-order valence-electron chi connectivity index (χ2n) is 3.17. The van der Waals surface area contributed by atoms with Crippen LogP contribution >= 0.6 is 12.6 Å². The topological polar surface area (TPSA) is 26.3 Å². The van der Waals surface area contributed by atoms with Gasteiger partial charge >= 0.3 is 5.97 Å². The maximum atomic E-state index is 11.5. The van der Waals surface area contributed by atoms with Crippen molar-refractivity contribution in [2.75, 3.05) is 6.61 Å². The molecule has 0 aliphatic carbocycles. The Labute approximate surface area is 80.1 Å². The summed E-state index contributed by atoms with van der Waals surface area (Å²) >= 11 is 4.29. The molecule has 0 saturated heterocycles. The molecule has 0 rings (SSSR count). The van der Waals surface area contributed by atoms with Gasteiger partial charge in [-0.2, -0.15) is 12.6 Å². The number of carbonyl (C=O) groups excluding carboxylic acids is 1. The normalized spacial score (nSPS) is 18.1. The van der Waals surface area contributed by atoms with Gasteiger partial charge in [-0.1, -0.05) is 13.8 Å². The summed E-state index contributed by atoms with van der Waals surface area (Å²) < 4.78 is 4.97. The van der Waals surface area contributed by atoms with E-state index in [2.05, 4.69) is 12.6 Å². The summed E-state index contributed by atoms with van der Waals surface area (Å²) in [5, 5.41) is 0.0292. The van der Waals surface area contributed by atoms with E-state index in [-0.39, 0.29) is 11.2 Å². The fourth-order valence-corrected chi connectivity index (χ4v) is 1.19. The number of rotatable bonds is 4. The molecule has 0 aromatic rings. The molecule has 12 heavy (non-hydrogen) atoms. The van der Waals surface area contributed by atoms with Crippen molar-refractivity contribution >= 4 is 18.6 Å². The quantitative estimate of drug-likeness (QED) is 0.544. The highest BCUT2D eigenvalue weighted by atomic mass is 32.1. The zero-order valence-electron chi connectivity index (χ0n) is 8.26. The van der Waals surface area contributed by atoms with Crippen LogP contribution < -0.4 is 0 Å². The maximum absolute atomic E-state index is 11.5. The third kappa shape index (κ3) is 2.41. The lowest BCUT2D eigenvalue weighted by molar-refractivity contribution is -0.154. The number of ether oxygens (including phenoxy) is 1. The largest absolute Gasteiger partial charge is 0.466 e. The first kappa shape index (κ1) is 11.8. The Morgan fingerprint density at radius 1 is 1.58 bits per heavy atom. The van der Waals surface area contributed by atoms with Gasteiger partial charge in [0.25, 0.3) is 0 Å². The summed E-state index contributed by atoms with van der Waals surface area (Å²) in [6.07, 6.45) is 0.760. The molecular formula is C9H18O2S. The van der Waals surface area contributed by atoms with E-state index in [4.69, 9.17) is 4.74 Å². The van der Waals surface area contributed by atoms with E-state index >= 15 is 0 Å². The van der Waals surface area contributed by atoms with E-state index in [0.717, 1.165) is 6.42 Å². The monoisotopic (exact) mass is 190 g/mol. The van der Waals surface area contributed by atoms with Crippen LogP contribution in [0, 0.1) is 5.41 Å². The summed E-state index contributed by atoms with van der Waals surface area (Å²) in [5.41, 5.74) is -0.445. The van der Waals surface area contributed by atoms with Crippen LogP contribution in [0.4, 0.5) is 0 Å². The number of hydrogen-bond donors (Lipinski definition) is 1. The highest BCUT2D eigenvalue weighted by molar-refractivity contribution is 7.81. The minimum absolute atomic E-state index is 0.0292. The van der Waals surface area contributed by atoms with E-state index in [1.165, 1.54) is 0 Å². The zero-order chi connectivity index (χ0) is 9.78. The van der Waals surface area contributed by atoms with Gasteiger partial charge in [0.1, 0.15) is 0 Å². The molecule has 0 aromatic carbocycles. The molecule has 0 aromatic heterocycles. The van der Waals surface area contributed by atoms with Gasteiger partial charge in [-0.05, 0) is 20.3 Å². The minimum atomic E-state index is -0.445. The minimum Gasteiger partial charge on any atom is -0.466 e. The second kappa shape index (κ2) is 4.75. The smallest absolute Gasteiger partial charge is 0.312 e. The molecular weight excluding hydrogens is 172 g/mol. The van der Waals surface area contributed by atoms with Crippen LogP contribution in [-0.2, 0) is 9.53 Å². The predicted octanol–water partition coefficient (Wildman–Crippen LogP) is 2.28. The summed E-state index contributed by atoms with van der Waals surface area (Å²) in [5.74, 6) is -0.144. The van der Waals surface area contributed by atoms with E-state index in [0.29, 0.717) is 6.61 Å². The third-order valence-corrected chi connectivity index (χ3v) is 2.97. The van der Waals surface area contributed by atoms with Crippen molar-refractivity contribution in [2.45, 2.75) is 39.4 Å². The Hall–Kier alpha value is -0.180. The second-order valence-corrected chi connectivity index (χ2v) is 3.94. The van der Waals surface area contributed by atoms with Crippen molar-refractivity contribution in [2.24, 2.45) is 5.41 Å². The van der Waals surface area contributed by atoms with Crippen molar-refractivity contribution in [1.82, 2.24) is 0 Å². The number of hydrogen-bond acceptors (Lipinski definition) is 3. The number of carbonyl (C=O) groups is 1. The Kier molecular flexibility index (Phi) is 4.68. The molecule has 0 aliphatic rings. The molecule has 0 heterocycles. The summed E-state index contributed by atoms with van der Waals surface area (Å²) in [6, 6.07) is 0. The Morgan fingerprint density at radius 3 is 2.33 bits per heavy atom. The van der Waals surface area contributed by atoms with E-state index < -0.39 is 5.41 Å². The average molecular weight is 190 g/mol. The van der Waals surface area contributed by atoms with Crippen molar-refractivity contribution < 1.29 is 9.53 Å². The van der Waals surface area contributed by atoms with Crippen molar-refractivity contribution in [3.8, 4) is 0 Å². The molecule has 3 heteroatoms. The van der Waals surface area contributed by atoms with Gasteiger partial charge in [0.05, 0.1) is 12.0 Å². The molecule has 2 unspecified atom stereocenters. The number of esters is 1. The van der Waals surface area contributed by atoms with Crippen LogP contribution in [0.2, 0.25) is 0 Å². The first-order valence-electron chi connectivity index (χ1n) is 4.34. The lowest BCUT2D eigenvalue weighted by Gasteiger charge is -2.28. The van der Waals surface area contributed by atoms with E-state index in [1.54, 1.807) is 0 Å². The van der Waals surface area contributed by atoms with Gasteiger partial charge < -0.3 is 4.74 Å². The Bertz CT molecular complexity index is 157. The summed E-state index contributed by atoms with van der Waals surface area (Å²) in [7, 11) is 0. The fraction of sp³-hybridized carbons (Fsp3) is 0.889. The first-order chi connectivity index (χ1) is 5.49. The molecule has 0 saturated carbocycles. The maximum Gasteiger partial charge on any atom is 0.312 e. The lowest BCUT2D eigenvalue weighted by Crippen LogP contribution is -2.36. The Balaban J connectivity index is 4.40. The Morgan fingerprint density at radius 2 is 2.08 bits per heavy atom. The van der Waals surface area contributed by atoms with Gasteiger partial charge in [-0.15, -0.1) is 0 Å². The third-order valence-electron chi connectivity index (χ3n) is 2.40. The molecule has 0 N–H and O–H groups in total. The first-order valence-corrected chi connectivity index (χ1v) is 4.86. The van der Waals surface area contributed by atoms with E-state index in [1.807, 2.05) is 27.7 Å². The van der Waals surface area contributed by atoms with Gasteiger partial charge in [-0.25, -0.2) is 0 Å². The molecule has 0 bridgehead atoms. The van der Waals surface area contributed by atoms with Gasteiger partial charge in [0, 0.05) is 5.25 Å². The fourth-order valence-electron chi connectivity index (χ4n) is 0.906. The van der Waals surface area contributed by atoms with Gasteiger partial charge in [0.2, 0.25) is 0 Å². The van der Waals surface area contributed by atoms with E-state index in [9.17, 15) is 4.79 Å². The lowest BCUT2D eigenvalue weighted by atomic mass is 9.84. The van der Waals surface area contributed by atoms with Crippen LogP contribution in [-0.4, -0.2) is 17.8 Å². The van der Waals surface area contributed by atoms with Crippen LogP contribution in [0.1, 0.15) is 34.1 Å². The highest BCUT2D eigenvalue weighted by Crippen LogP contribution is 2.30. The predicted molar refractivity (Wildman–Crippen MR) is 53.5 cm³/mol. The van der Waals surface area contributed by atoms with Crippen molar-refractivity contribution in [3.63, 3.8) is 0 Å². The highest BCUT2D eigenvalue weighted by Gasteiger charge is 2.36. The van der Waals surface area contributed by atoms with Gasteiger partial charge in [-0.3, -0.25) is 4.79 Å². The SMILES string of the molecule is CCOC(=O)C(C)(CC)C(C)S. The molecule has 0 radical (unpaired) electrons. The molecule has 0 aliphatic heterocycles. The summed E-state index contributed by atoms with van der Waals surface area (Å²) in [6.45, 7) is 8.04. The molecule has 2 atom stereocenters. The molecule has 2 nitrogen and oxygen atoms in total. The van der Waals surface area contributed by atoms with Crippen LogP contribution in [0.3, 0.4) is 0 Å².